The summed E-state index contributed by atoms with van der Waals surface area (Å²) in [5, 5.41) is 0. The molecule has 3 heteroatoms. The number of rotatable bonds is 3. The Morgan fingerprint density at radius 3 is 2.41 bits per heavy atom. The van der Waals surface area contributed by atoms with Gasteiger partial charge in [0.25, 0.3) is 0 Å². The summed E-state index contributed by atoms with van der Waals surface area (Å²) in [7, 11) is 1.76. The molecule has 0 radical (unpaired) electrons. The van der Waals surface area contributed by atoms with Crippen LogP contribution in [0.2, 0.25) is 0 Å². The molecule has 17 heavy (non-hydrogen) atoms. The van der Waals surface area contributed by atoms with Gasteiger partial charge in [-0.1, -0.05) is 26.2 Å². The van der Waals surface area contributed by atoms with Gasteiger partial charge in [0, 0.05) is 34.9 Å². The lowest BCUT2D eigenvalue weighted by Crippen LogP contribution is -2.41. The van der Waals surface area contributed by atoms with E-state index in [0.29, 0.717) is 6.04 Å². The summed E-state index contributed by atoms with van der Waals surface area (Å²) in [6, 6.07) is 0.696. The molecule has 1 heterocycles. The van der Waals surface area contributed by atoms with Gasteiger partial charge in [-0.2, -0.15) is 0 Å². The summed E-state index contributed by atoms with van der Waals surface area (Å²) in [4.78, 5) is 2.56. The summed E-state index contributed by atoms with van der Waals surface area (Å²) in [5.74, 6) is 3.66. The molecular formula is C14H27NOS. The maximum atomic E-state index is 11.4. The SMILES string of the molecule is CC1CCCCC1CN(C)C1CCS(=O)CC1. The van der Waals surface area contributed by atoms with E-state index in [1.54, 1.807) is 0 Å². The van der Waals surface area contributed by atoms with Crippen molar-refractivity contribution >= 4 is 10.8 Å². The Balaban J connectivity index is 1.79. The molecular weight excluding hydrogens is 230 g/mol. The molecule has 1 saturated carbocycles. The normalized spacial score (nSPS) is 39.5. The monoisotopic (exact) mass is 257 g/mol. The molecule has 100 valence electrons. The molecule has 0 aromatic rings. The van der Waals surface area contributed by atoms with E-state index < -0.39 is 10.8 Å². The Bertz CT molecular complexity index is 259. The van der Waals surface area contributed by atoms with Crippen molar-refractivity contribution in [2.45, 2.75) is 51.5 Å². The molecule has 0 bridgehead atoms. The van der Waals surface area contributed by atoms with Gasteiger partial charge in [0.1, 0.15) is 0 Å². The molecule has 2 unspecified atom stereocenters. The van der Waals surface area contributed by atoms with Gasteiger partial charge in [0.05, 0.1) is 0 Å². The fourth-order valence-corrected chi connectivity index (χ4v) is 4.68. The topological polar surface area (TPSA) is 20.3 Å². The van der Waals surface area contributed by atoms with Gasteiger partial charge >= 0.3 is 0 Å². The van der Waals surface area contributed by atoms with Crippen molar-refractivity contribution in [2.24, 2.45) is 11.8 Å². The highest BCUT2D eigenvalue weighted by atomic mass is 32.2. The Morgan fingerprint density at radius 2 is 1.76 bits per heavy atom. The van der Waals surface area contributed by atoms with Crippen molar-refractivity contribution in [1.29, 1.82) is 0 Å². The number of hydrogen-bond donors (Lipinski definition) is 0. The third-order valence-electron chi connectivity index (χ3n) is 4.79. The van der Waals surface area contributed by atoms with Crippen molar-refractivity contribution < 1.29 is 4.21 Å². The first-order chi connectivity index (χ1) is 8.16. The van der Waals surface area contributed by atoms with Gasteiger partial charge in [-0.3, -0.25) is 4.21 Å². The van der Waals surface area contributed by atoms with E-state index in [-0.39, 0.29) is 0 Å². The molecule has 0 N–H and O–H groups in total. The first kappa shape index (κ1) is 13.5. The summed E-state index contributed by atoms with van der Waals surface area (Å²) in [6.45, 7) is 3.69. The largest absolute Gasteiger partial charge is 0.303 e. The maximum absolute atomic E-state index is 11.4. The highest BCUT2D eigenvalue weighted by molar-refractivity contribution is 7.85. The van der Waals surface area contributed by atoms with Gasteiger partial charge in [-0.15, -0.1) is 0 Å². The zero-order valence-corrected chi connectivity index (χ0v) is 12.2. The van der Waals surface area contributed by atoms with Gasteiger partial charge < -0.3 is 4.90 Å². The van der Waals surface area contributed by atoms with E-state index in [1.807, 2.05) is 0 Å². The molecule has 2 nitrogen and oxygen atoms in total. The second-order valence-electron chi connectivity index (χ2n) is 6.04. The van der Waals surface area contributed by atoms with Crippen LogP contribution in [0.3, 0.4) is 0 Å². The van der Waals surface area contributed by atoms with Crippen molar-refractivity contribution in [3.63, 3.8) is 0 Å². The minimum atomic E-state index is -0.518. The van der Waals surface area contributed by atoms with Crippen molar-refractivity contribution in [3.05, 3.63) is 0 Å². The minimum Gasteiger partial charge on any atom is -0.303 e. The average Bonchev–Trinajstić information content (AvgIpc) is 2.33. The van der Waals surface area contributed by atoms with Crippen LogP contribution in [0.5, 0.6) is 0 Å². The van der Waals surface area contributed by atoms with E-state index >= 15 is 0 Å². The fourth-order valence-electron chi connectivity index (χ4n) is 3.41. The van der Waals surface area contributed by atoms with Crippen molar-refractivity contribution in [1.82, 2.24) is 4.90 Å². The summed E-state index contributed by atoms with van der Waals surface area (Å²) >= 11 is 0. The lowest BCUT2D eigenvalue weighted by Gasteiger charge is -2.37. The third-order valence-corrected chi connectivity index (χ3v) is 6.17. The van der Waals surface area contributed by atoms with Crippen molar-refractivity contribution in [3.8, 4) is 0 Å². The molecule has 0 spiro atoms. The van der Waals surface area contributed by atoms with Crippen LogP contribution >= 0.6 is 0 Å². The quantitative estimate of drug-likeness (QED) is 0.775. The van der Waals surface area contributed by atoms with E-state index in [4.69, 9.17) is 0 Å². The summed E-state index contributed by atoms with van der Waals surface area (Å²) < 4.78 is 11.4. The molecule has 1 saturated heterocycles. The predicted molar refractivity (Wildman–Crippen MR) is 74.7 cm³/mol. The molecule has 2 fully saturated rings. The Morgan fingerprint density at radius 1 is 1.12 bits per heavy atom. The van der Waals surface area contributed by atoms with Gasteiger partial charge in [0.2, 0.25) is 0 Å². The van der Waals surface area contributed by atoms with E-state index in [1.165, 1.54) is 32.2 Å². The third kappa shape index (κ3) is 3.78. The molecule has 2 rings (SSSR count). The van der Waals surface area contributed by atoms with E-state index in [2.05, 4.69) is 18.9 Å². The molecule has 0 aromatic carbocycles. The molecule has 1 aliphatic carbocycles. The van der Waals surface area contributed by atoms with Crippen molar-refractivity contribution in [2.75, 3.05) is 25.1 Å². The van der Waals surface area contributed by atoms with Crippen LogP contribution in [0.15, 0.2) is 0 Å². The lowest BCUT2D eigenvalue weighted by molar-refractivity contribution is 0.141. The number of hydrogen-bond acceptors (Lipinski definition) is 2. The highest BCUT2D eigenvalue weighted by Gasteiger charge is 2.27. The van der Waals surface area contributed by atoms with E-state index in [9.17, 15) is 4.21 Å². The molecule has 0 aromatic heterocycles. The minimum absolute atomic E-state index is 0.518. The first-order valence-corrected chi connectivity index (χ1v) is 8.71. The van der Waals surface area contributed by atoms with Gasteiger partial charge in [-0.05, 0) is 38.1 Å². The highest BCUT2D eigenvalue weighted by Crippen LogP contribution is 2.30. The first-order valence-electron chi connectivity index (χ1n) is 7.22. The molecule has 2 atom stereocenters. The van der Waals surface area contributed by atoms with Crippen LogP contribution in [0.1, 0.15) is 45.4 Å². The maximum Gasteiger partial charge on any atom is 0.0249 e. The van der Waals surface area contributed by atoms with E-state index in [0.717, 1.165) is 36.2 Å². The standard InChI is InChI=1S/C14H27NOS/c1-12-5-3-4-6-13(12)11-15(2)14-7-9-17(16)10-8-14/h12-14H,3-11H2,1-2H3. The Kier molecular flexibility index (Phi) is 5.04. The second kappa shape index (κ2) is 6.33. The Hall–Kier alpha value is 0.110. The van der Waals surface area contributed by atoms with Crippen LogP contribution in [0.25, 0.3) is 0 Å². The van der Waals surface area contributed by atoms with Crippen LogP contribution in [0.4, 0.5) is 0 Å². The van der Waals surface area contributed by atoms with Gasteiger partial charge in [0.15, 0.2) is 0 Å². The van der Waals surface area contributed by atoms with Crippen LogP contribution < -0.4 is 0 Å². The number of nitrogens with zero attached hydrogens (tertiary/aromatic N) is 1. The second-order valence-corrected chi connectivity index (χ2v) is 7.74. The average molecular weight is 257 g/mol. The molecule has 0 amide bonds. The smallest absolute Gasteiger partial charge is 0.0249 e. The van der Waals surface area contributed by atoms with Crippen LogP contribution in [-0.2, 0) is 10.8 Å². The zero-order valence-electron chi connectivity index (χ0n) is 11.4. The van der Waals surface area contributed by atoms with Crippen LogP contribution in [0, 0.1) is 11.8 Å². The summed E-state index contributed by atoms with van der Waals surface area (Å²) in [6.07, 6.45) is 7.99. The van der Waals surface area contributed by atoms with Crippen LogP contribution in [-0.4, -0.2) is 40.2 Å². The predicted octanol–water partition coefficient (Wildman–Crippen LogP) is 2.66. The fraction of sp³-hybridized carbons (Fsp3) is 1.00. The zero-order chi connectivity index (χ0) is 12.3. The summed E-state index contributed by atoms with van der Waals surface area (Å²) in [5.41, 5.74) is 0. The Labute approximate surface area is 109 Å². The molecule has 1 aliphatic heterocycles. The van der Waals surface area contributed by atoms with Gasteiger partial charge in [-0.25, -0.2) is 0 Å². The lowest BCUT2D eigenvalue weighted by atomic mass is 9.80. The molecule has 2 aliphatic rings.